The molecule has 6 rings (SSSR count). The highest BCUT2D eigenvalue weighted by molar-refractivity contribution is 5.61. The predicted octanol–water partition coefficient (Wildman–Crippen LogP) is 6.82. The molecule has 13 heteroatoms. The molecular formula is C39H42O13. The van der Waals surface area contributed by atoms with Crippen molar-refractivity contribution in [1.29, 1.82) is 0 Å². The lowest BCUT2D eigenvalue weighted by molar-refractivity contribution is -0.0872. The Morgan fingerprint density at radius 3 is 1.29 bits per heavy atom. The standard InChI is InChI=1S/C39H42O13/c1-17(2)35(25-15-23-29(44)11-21(40)13-33(23)49-37(25)19-5-7-27(42)31(46)9-19)51-39(48)52-36(18(3)4)26-16-24-30(45)12-22(41)14-34(24)50-38(26)20-6-8-28(43)32(47)10-20/h5-14,17-18,25-26,35-38,40-47H,15-16H2,1-4H3/t25-,26-,35-,36-,37+,38+/m1/s1. The number of phenols is 8. The van der Waals surface area contributed by atoms with Crippen molar-refractivity contribution >= 4 is 6.16 Å². The van der Waals surface area contributed by atoms with Gasteiger partial charge in [0.05, 0.1) is 0 Å². The van der Waals surface area contributed by atoms with E-state index in [9.17, 15) is 45.6 Å². The molecular weight excluding hydrogens is 676 g/mol. The fourth-order valence-corrected chi connectivity index (χ4v) is 7.32. The van der Waals surface area contributed by atoms with Crippen LogP contribution in [0.2, 0.25) is 0 Å². The first kappa shape index (κ1) is 36.0. The summed E-state index contributed by atoms with van der Waals surface area (Å²) < 4.78 is 24.8. The Balaban J connectivity index is 1.33. The highest BCUT2D eigenvalue weighted by Gasteiger charge is 2.45. The Morgan fingerprint density at radius 2 is 0.942 bits per heavy atom. The van der Waals surface area contributed by atoms with Crippen LogP contribution >= 0.6 is 0 Å². The maximum atomic E-state index is 13.9. The first-order chi connectivity index (χ1) is 24.6. The number of carbonyl (C=O) groups is 1. The number of fused-ring (bicyclic) bond motifs is 2. The van der Waals surface area contributed by atoms with E-state index in [1.165, 1.54) is 48.5 Å². The second-order valence-electron chi connectivity index (χ2n) is 14.1. The molecule has 0 unspecified atom stereocenters. The molecule has 0 aromatic heterocycles. The lowest BCUT2D eigenvalue weighted by Gasteiger charge is -2.41. The van der Waals surface area contributed by atoms with Crippen LogP contribution in [0.25, 0.3) is 0 Å². The molecule has 8 N–H and O–H groups in total. The number of carbonyl (C=O) groups excluding carboxylic acids is 1. The molecule has 4 aromatic carbocycles. The predicted molar refractivity (Wildman–Crippen MR) is 185 cm³/mol. The summed E-state index contributed by atoms with van der Waals surface area (Å²) in [5, 5.41) is 82.5. The van der Waals surface area contributed by atoms with Crippen LogP contribution < -0.4 is 9.47 Å². The third kappa shape index (κ3) is 7.03. The van der Waals surface area contributed by atoms with E-state index in [-0.39, 0.29) is 82.2 Å². The van der Waals surface area contributed by atoms with Crippen LogP contribution in [0.15, 0.2) is 60.7 Å². The number of hydrogen-bond donors (Lipinski definition) is 8. The average molecular weight is 719 g/mol. The van der Waals surface area contributed by atoms with E-state index in [4.69, 9.17) is 18.9 Å². The molecule has 276 valence electrons. The molecule has 4 aromatic rings. The van der Waals surface area contributed by atoms with Crippen molar-refractivity contribution in [2.75, 3.05) is 0 Å². The molecule has 2 heterocycles. The molecule has 0 amide bonds. The van der Waals surface area contributed by atoms with E-state index in [0.29, 0.717) is 22.3 Å². The maximum Gasteiger partial charge on any atom is 0.508 e. The van der Waals surface area contributed by atoms with Gasteiger partial charge in [-0.2, -0.15) is 0 Å². The molecule has 2 aliphatic rings. The van der Waals surface area contributed by atoms with Crippen molar-refractivity contribution in [1.82, 2.24) is 0 Å². The molecule has 0 spiro atoms. The first-order valence-corrected chi connectivity index (χ1v) is 16.9. The average Bonchev–Trinajstić information content (AvgIpc) is 3.07. The minimum atomic E-state index is -1.02. The van der Waals surface area contributed by atoms with Crippen LogP contribution in [0.5, 0.6) is 57.5 Å². The van der Waals surface area contributed by atoms with E-state index in [1.54, 1.807) is 12.1 Å². The van der Waals surface area contributed by atoms with Gasteiger partial charge in [0, 0.05) is 47.2 Å². The summed E-state index contributed by atoms with van der Waals surface area (Å²) in [5.74, 6) is -3.87. The molecule has 0 aliphatic carbocycles. The number of rotatable bonds is 8. The first-order valence-electron chi connectivity index (χ1n) is 16.9. The summed E-state index contributed by atoms with van der Waals surface area (Å²) in [7, 11) is 0. The second-order valence-corrected chi connectivity index (χ2v) is 14.1. The highest BCUT2D eigenvalue weighted by Crippen LogP contribution is 2.50. The molecule has 6 atom stereocenters. The van der Waals surface area contributed by atoms with Gasteiger partial charge in [0.25, 0.3) is 0 Å². The molecule has 0 fully saturated rings. The van der Waals surface area contributed by atoms with E-state index in [1.807, 2.05) is 27.7 Å². The highest BCUT2D eigenvalue weighted by atomic mass is 16.7. The van der Waals surface area contributed by atoms with Gasteiger partial charge in [-0.25, -0.2) is 4.79 Å². The number of benzene rings is 4. The molecule has 13 nitrogen and oxygen atoms in total. The van der Waals surface area contributed by atoms with E-state index < -0.39 is 42.4 Å². The molecule has 52 heavy (non-hydrogen) atoms. The van der Waals surface area contributed by atoms with Crippen LogP contribution in [0, 0.1) is 23.7 Å². The molecule has 0 bridgehead atoms. The summed E-state index contributed by atoms with van der Waals surface area (Å²) in [6.07, 6.45) is -4.23. The monoisotopic (exact) mass is 718 g/mol. The number of aromatic hydroxyl groups is 8. The summed E-state index contributed by atoms with van der Waals surface area (Å²) >= 11 is 0. The quantitative estimate of drug-likeness (QED) is 0.0694. The van der Waals surface area contributed by atoms with Crippen LogP contribution in [0.4, 0.5) is 4.79 Å². The van der Waals surface area contributed by atoms with Crippen molar-refractivity contribution in [2.24, 2.45) is 23.7 Å². The number of ether oxygens (including phenoxy) is 4. The summed E-state index contributed by atoms with van der Waals surface area (Å²) in [6, 6.07) is 13.5. The van der Waals surface area contributed by atoms with Crippen molar-refractivity contribution in [3.8, 4) is 57.5 Å². The second kappa shape index (κ2) is 14.0. The van der Waals surface area contributed by atoms with E-state index in [0.717, 1.165) is 0 Å². The van der Waals surface area contributed by atoms with E-state index >= 15 is 0 Å². The maximum absolute atomic E-state index is 13.9. The van der Waals surface area contributed by atoms with Gasteiger partial charge in [-0.3, -0.25) is 0 Å². The summed E-state index contributed by atoms with van der Waals surface area (Å²) in [5.41, 5.74) is 1.66. The van der Waals surface area contributed by atoms with E-state index in [2.05, 4.69) is 0 Å². The molecule has 0 radical (unpaired) electrons. The zero-order chi connectivity index (χ0) is 37.6. The normalized spacial score (nSPS) is 20.6. The fourth-order valence-electron chi connectivity index (χ4n) is 7.32. The van der Waals surface area contributed by atoms with Gasteiger partial charge >= 0.3 is 6.16 Å². The molecule has 0 saturated heterocycles. The Hall–Kier alpha value is -5.85. The fraction of sp³-hybridized carbons (Fsp3) is 0.359. The topological polar surface area (TPSA) is 216 Å². The number of phenolic OH excluding ortho intramolecular Hbond substituents is 8. The summed E-state index contributed by atoms with van der Waals surface area (Å²) in [6.45, 7) is 7.36. The van der Waals surface area contributed by atoms with Crippen LogP contribution in [0.1, 0.15) is 62.2 Å². The van der Waals surface area contributed by atoms with Gasteiger partial charge < -0.3 is 59.8 Å². The molecule has 2 aliphatic heterocycles. The Kier molecular flexibility index (Phi) is 9.71. The van der Waals surface area contributed by atoms with Crippen molar-refractivity contribution < 1.29 is 64.6 Å². The summed E-state index contributed by atoms with van der Waals surface area (Å²) in [4.78, 5) is 13.9. The third-order valence-electron chi connectivity index (χ3n) is 9.78. The van der Waals surface area contributed by atoms with Gasteiger partial charge in [0.2, 0.25) is 0 Å². The van der Waals surface area contributed by atoms with Crippen molar-refractivity contribution in [3.63, 3.8) is 0 Å². The lowest BCUT2D eigenvalue weighted by Crippen LogP contribution is -2.43. The Bertz CT molecular complexity index is 1830. The lowest BCUT2D eigenvalue weighted by atomic mass is 9.79. The Morgan fingerprint density at radius 1 is 0.558 bits per heavy atom. The smallest absolute Gasteiger partial charge is 0.508 e. The number of hydrogen-bond acceptors (Lipinski definition) is 13. The van der Waals surface area contributed by atoms with Gasteiger partial charge in [-0.05, 0) is 60.1 Å². The van der Waals surface area contributed by atoms with Crippen LogP contribution in [0.3, 0.4) is 0 Å². The van der Waals surface area contributed by atoms with Gasteiger partial charge in [-0.15, -0.1) is 0 Å². The van der Waals surface area contributed by atoms with Crippen LogP contribution in [-0.4, -0.2) is 59.2 Å². The SMILES string of the molecule is CC(C)[C@@H](OC(=O)O[C@H](C(C)C)[C@H]1Cc2c(O)cc(O)cc2O[C@H]1c1ccc(O)c(O)c1)[C@H]1Cc2c(O)cc(O)cc2O[C@H]1c1ccc(O)c(O)c1. The van der Waals surface area contributed by atoms with Gasteiger partial charge in [0.15, 0.2) is 23.0 Å². The third-order valence-corrected chi connectivity index (χ3v) is 9.78. The minimum absolute atomic E-state index is 0.142. The zero-order valence-electron chi connectivity index (χ0n) is 28.9. The van der Waals surface area contributed by atoms with Gasteiger partial charge in [0.1, 0.15) is 58.9 Å². The largest absolute Gasteiger partial charge is 0.508 e. The van der Waals surface area contributed by atoms with Crippen LogP contribution in [-0.2, 0) is 22.3 Å². The van der Waals surface area contributed by atoms with Crippen molar-refractivity contribution in [3.05, 3.63) is 82.9 Å². The van der Waals surface area contributed by atoms with Gasteiger partial charge in [-0.1, -0.05) is 39.8 Å². The minimum Gasteiger partial charge on any atom is -0.508 e. The van der Waals surface area contributed by atoms with Crippen molar-refractivity contribution in [2.45, 2.75) is 65.0 Å². The Labute approximate surface area is 299 Å². The zero-order valence-corrected chi connectivity index (χ0v) is 28.9. The molecule has 0 saturated carbocycles.